The van der Waals surface area contributed by atoms with Crippen LogP contribution in [0.4, 0.5) is 5.69 Å². The van der Waals surface area contributed by atoms with Crippen molar-refractivity contribution in [3.05, 3.63) is 29.3 Å². The SMILES string of the molecule is COC(=O)c1cc(NC(=O)CN(C)[C@@H]2CCS(=O)(=O)C2)cc(C(=O)OC)c1. The smallest absolute Gasteiger partial charge is 0.337 e. The van der Waals surface area contributed by atoms with Crippen molar-refractivity contribution in [1.82, 2.24) is 4.90 Å². The first-order chi connectivity index (χ1) is 12.6. The molecule has 0 spiro atoms. The number of amides is 1. The maximum atomic E-state index is 12.3. The maximum Gasteiger partial charge on any atom is 0.337 e. The summed E-state index contributed by atoms with van der Waals surface area (Å²) in [5, 5.41) is 2.61. The molecule has 1 fully saturated rings. The molecule has 1 aromatic rings. The average Bonchev–Trinajstić information content (AvgIpc) is 2.99. The van der Waals surface area contributed by atoms with Crippen molar-refractivity contribution in [2.24, 2.45) is 0 Å². The number of ether oxygens (including phenoxy) is 2. The minimum absolute atomic E-state index is 0.0289. The van der Waals surface area contributed by atoms with Crippen LogP contribution in [0.1, 0.15) is 27.1 Å². The minimum atomic E-state index is -3.05. The second-order valence-corrected chi connectivity index (χ2v) is 8.53. The van der Waals surface area contributed by atoms with E-state index < -0.39 is 27.7 Å². The van der Waals surface area contributed by atoms with E-state index in [2.05, 4.69) is 14.8 Å². The molecular weight excluding hydrogens is 376 g/mol. The molecule has 9 nitrogen and oxygen atoms in total. The summed E-state index contributed by atoms with van der Waals surface area (Å²) in [4.78, 5) is 37.5. The van der Waals surface area contributed by atoms with E-state index in [1.165, 1.54) is 32.4 Å². The number of hydrogen-bond acceptors (Lipinski definition) is 8. The van der Waals surface area contributed by atoms with E-state index in [0.29, 0.717) is 6.42 Å². The average molecular weight is 398 g/mol. The Hall–Kier alpha value is -2.46. The third kappa shape index (κ3) is 5.51. The van der Waals surface area contributed by atoms with E-state index >= 15 is 0 Å². The number of rotatable bonds is 6. The van der Waals surface area contributed by atoms with Crippen LogP contribution in [-0.2, 0) is 24.1 Å². The van der Waals surface area contributed by atoms with E-state index in [1.807, 2.05) is 0 Å². The molecule has 0 aliphatic carbocycles. The molecule has 1 amide bonds. The molecule has 1 heterocycles. The van der Waals surface area contributed by atoms with Gasteiger partial charge < -0.3 is 14.8 Å². The molecule has 27 heavy (non-hydrogen) atoms. The van der Waals surface area contributed by atoms with Gasteiger partial charge in [-0.25, -0.2) is 18.0 Å². The highest BCUT2D eigenvalue weighted by Crippen LogP contribution is 2.19. The molecule has 1 N–H and O–H groups in total. The number of sulfone groups is 1. The van der Waals surface area contributed by atoms with Crippen LogP contribution in [0.5, 0.6) is 0 Å². The van der Waals surface area contributed by atoms with Crippen LogP contribution in [0.2, 0.25) is 0 Å². The number of carbonyl (C=O) groups excluding carboxylic acids is 3. The number of likely N-dealkylation sites (N-methyl/N-ethyl adjacent to an activating group) is 1. The van der Waals surface area contributed by atoms with Gasteiger partial charge in [-0.3, -0.25) is 9.69 Å². The second kappa shape index (κ2) is 8.49. The summed E-state index contributed by atoms with van der Waals surface area (Å²) in [5.41, 5.74) is 0.410. The van der Waals surface area contributed by atoms with E-state index in [0.717, 1.165) is 0 Å². The number of esters is 2. The first kappa shape index (κ1) is 20.8. The summed E-state index contributed by atoms with van der Waals surface area (Å²) in [5.74, 6) is -1.58. The topological polar surface area (TPSA) is 119 Å². The molecule has 0 unspecified atom stereocenters. The summed E-state index contributed by atoms with van der Waals surface area (Å²) in [6, 6.07) is 3.86. The summed E-state index contributed by atoms with van der Waals surface area (Å²) < 4.78 is 32.4. The van der Waals surface area contributed by atoms with Gasteiger partial charge in [0.05, 0.1) is 43.4 Å². The van der Waals surface area contributed by atoms with Crippen molar-refractivity contribution in [2.75, 3.05) is 44.6 Å². The van der Waals surface area contributed by atoms with Gasteiger partial charge in [-0.15, -0.1) is 0 Å². The minimum Gasteiger partial charge on any atom is -0.465 e. The number of nitrogens with zero attached hydrogens (tertiary/aromatic N) is 1. The summed E-state index contributed by atoms with van der Waals surface area (Å²) in [6.45, 7) is -0.0316. The van der Waals surface area contributed by atoms with Gasteiger partial charge in [0.15, 0.2) is 9.84 Å². The van der Waals surface area contributed by atoms with Crippen molar-refractivity contribution in [2.45, 2.75) is 12.5 Å². The Labute approximate surface area is 157 Å². The Morgan fingerprint density at radius 2 is 1.67 bits per heavy atom. The van der Waals surface area contributed by atoms with Crippen molar-refractivity contribution >= 4 is 33.4 Å². The molecule has 2 rings (SSSR count). The molecule has 1 saturated heterocycles. The summed E-state index contributed by atoms with van der Waals surface area (Å²) >= 11 is 0. The lowest BCUT2D eigenvalue weighted by Crippen LogP contribution is -2.38. The fraction of sp³-hybridized carbons (Fsp3) is 0.471. The Bertz CT molecular complexity index is 817. The Kier molecular flexibility index (Phi) is 6.55. The highest BCUT2D eigenvalue weighted by molar-refractivity contribution is 7.91. The predicted octanol–water partition coefficient (Wildman–Crippen LogP) is 0.317. The molecular formula is C17H22N2O7S. The van der Waals surface area contributed by atoms with Gasteiger partial charge in [-0.05, 0) is 31.7 Å². The molecule has 0 bridgehead atoms. The Morgan fingerprint density at radius 1 is 1.11 bits per heavy atom. The van der Waals surface area contributed by atoms with Gasteiger partial charge in [-0.1, -0.05) is 0 Å². The van der Waals surface area contributed by atoms with Crippen LogP contribution >= 0.6 is 0 Å². The van der Waals surface area contributed by atoms with Crippen LogP contribution in [0, 0.1) is 0 Å². The summed E-state index contributed by atoms with van der Waals surface area (Å²) in [7, 11) is 1.04. The highest BCUT2D eigenvalue weighted by Gasteiger charge is 2.31. The van der Waals surface area contributed by atoms with E-state index in [-0.39, 0.29) is 40.9 Å². The molecule has 0 aromatic heterocycles. The standard InChI is InChI=1S/C17H22N2O7S/c1-19(14-4-5-27(23,24)10-14)9-15(20)18-13-7-11(16(21)25-2)6-12(8-13)17(22)26-3/h6-8,14H,4-5,9-10H2,1-3H3,(H,18,20)/t14-/m1/s1. The van der Waals surface area contributed by atoms with E-state index in [4.69, 9.17) is 0 Å². The number of anilines is 1. The van der Waals surface area contributed by atoms with Gasteiger partial charge in [0.1, 0.15) is 0 Å². The van der Waals surface area contributed by atoms with Crippen LogP contribution in [0.3, 0.4) is 0 Å². The molecule has 148 valence electrons. The zero-order valence-electron chi connectivity index (χ0n) is 15.4. The van der Waals surface area contributed by atoms with Gasteiger partial charge in [0, 0.05) is 11.7 Å². The number of hydrogen-bond donors (Lipinski definition) is 1. The second-order valence-electron chi connectivity index (χ2n) is 6.30. The van der Waals surface area contributed by atoms with E-state index in [1.54, 1.807) is 11.9 Å². The van der Waals surface area contributed by atoms with Crippen molar-refractivity contribution < 1.29 is 32.3 Å². The fourth-order valence-electron chi connectivity index (χ4n) is 2.85. The number of nitrogens with one attached hydrogen (secondary N) is 1. The maximum absolute atomic E-state index is 12.3. The molecule has 1 aliphatic rings. The van der Waals surface area contributed by atoms with Crippen molar-refractivity contribution in [3.63, 3.8) is 0 Å². The number of carbonyl (C=O) groups is 3. The normalized spacial score (nSPS) is 18.1. The fourth-order valence-corrected chi connectivity index (χ4v) is 4.66. The lowest BCUT2D eigenvalue weighted by atomic mass is 10.1. The molecule has 0 saturated carbocycles. The zero-order chi connectivity index (χ0) is 20.2. The first-order valence-corrected chi connectivity index (χ1v) is 9.99. The molecule has 1 atom stereocenters. The Morgan fingerprint density at radius 3 is 2.11 bits per heavy atom. The molecule has 10 heteroatoms. The lowest BCUT2D eigenvalue weighted by Gasteiger charge is -2.22. The van der Waals surface area contributed by atoms with Gasteiger partial charge in [-0.2, -0.15) is 0 Å². The molecule has 1 aromatic carbocycles. The van der Waals surface area contributed by atoms with E-state index in [9.17, 15) is 22.8 Å². The van der Waals surface area contributed by atoms with Crippen LogP contribution in [0.15, 0.2) is 18.2 Å². The largest absolute Gasteiger partial charge is 0.465 e. The Balaban J connectivity index is 2.12. The van der Waals surface area contributed by atoms with Gasteiger partial charge in [0.25, 0.3) is 0 Å². The first-order valence-electron chi connectivity index (χ1n) is 8.17. The van der Waals surface area contributed by atoms with Gasteiger partial charge >= 0.3 is 11.9 Å². The number of benzene rings is 1. The van der Waals surface area contributed by atoms with Crippen LogP contribution in [0.25, 0.3) is 0 Å². The van der Waals surface area contributed by atoms with Gasteiger partial charge in [0.2, 0.25) is 5.91 Å². The van der Waals surface area contributed by atoms with Crippen molar-refractivity contribution in [1.29, 1.82) is 0 Å². The predicted molar refractivity (Wildman–Crippen MR) is 97.4 cm³/mol. The molecule has 1 aliphatic heterocycles. The zero-order valence-corrected chi connectivity index (χ0v) is 16.2. The van der Waals surface area contributed by atoms with Crippen LogP contribution < -0.4 is 5.32 Å². The summed E-state index contributed by atoms with van der Waals surface area (Å²) in [6.07, 6.45) is 0.483. The third-order valence-corrected chi connectivity index (χ3v) is 6.03. The lowest BCUT2D eigenvalue weighted by molar-refractivity contribution is -0.117. The van der Waals surface area contributed by atoms with Crippen molar-refractivity contribution in [3.8, 4) is 0 Å². The third-order valence-electron chi connectivity index (χ3n) is 4.28. The monoisotopic (exact) mass is 398 g/mol. The highest BCUT2D eigenvalue weighted by atomic mass is 32.2. The molecule has 0 radical (unpaired) electrons. The number of methoxy groups -OCH3 is 2. The quantitative estimate of drug-likeness (QED) is 0.681. The van der Waals surface area contributed by atoms with Crippen LogP contribution in [-0.4, -0.2) is 76.5 Å².